The van der Waals surface area contributed by atoms with Crippen LogP contribution in [0.15, 0.2) is 60.7 Å². The second-order valence-electron chi connectivity index (χ2n) is 4.81. The first-order chi connectivity index (χ1) is 9.75. The molecule has 0 bridgehead atoms. The van der Waals surface area contributed by atoms with E-state index < -0.39 is 10.8 Å². The molecule has 1 fully saturated rings. The van der Waals surface area contributed by atoms with Gasteiger partial charge >= 0.3 is 0 Å². The summed E-state index contributed by atoms with van der Waals surface area (Å²) in [7, 11) is -1.20. The maximum Gasteiger partial charge on any atom is 0.233 e. The van der Waals surface area contributed by atoms with Gasteiger partial charge in [-0.25, -0.2) is 0 Å². The van der Waals surface area contributed by atoms with E-state index in [0.29, 0.717) is 0 Å². The molecule has 1 aliphatic rings. The third-order valence-electron chi connectivity index (χ3n) is 3.46. The Morgan fingerprint density at radius 2 is 1.45 bits per heavy atom. The van der Waals surface area contributed by atoms with Gasteiger partial charge in [-0.1, -0.05) is 60.7 Å². The maximum atomic E-state index is 12.4. The van der Waals surface area contributed by atoms with Crippen LogP contribution in [-0.2, 0) is 15.6 Å². The van der Waals surface area contributed by atoms with E-state index in [1.807, 2.05) is 60.7 Å². The zero-order chi connectivity index (χ0) is 13.9. The van der Waals surface area contributed by atoms with Crippen LogP contribution < -0.4 is 5.32 Å². The summed E-state index contributed by atoms with van der Waals surface area (Å²) in [5, 5.41) is 2.78. The smallest absolute Gasteiger partial charge is 0.233 e. The number of amides is 1. The first-order valence-corrected chi connectivity index (χ1v) is 7.90. The Kier molecular flexibility index (Phi) is 3.65. The average molecular weight is 285 g/mol. The summed E-state index contributed by atoms with van der Waals surface area (Å²) in [6.45, 7) is 0. The minimum atomic E-state index is -1.20. The fraction of sp³-hybridized carbons (Fsp3) is 0.188. The zero-order valence-electron chi connectivity index (χ0n) is 10.9. The van der Waals surface area contributed by atoms with Gasteiger partial charge in [0.15, 0.2) is 0 Å². The van der Waals surface area contributed by atoms with Gasteiger partial charge < -0.3 is 5.32 Å². The molecule has 1 unspecified atom stereocenters. The predicted molar refractivity (Wildman–Crippen MR) is 79.5 cm³/mol. The summed E-state index contributed by atoms with van der Waals surface area (Å²) in [6.07, 6.45) is 0. The largest absolute Gasteiger partial charge is 0.347 e. The van der Waals surface area contributed by atoms with E-state index >= 15 is 0 Å². The lowest BCUT2D eigenvalue weighted by molar-refractivity contribution is -0.119. The van der Waals surface area contributed by atoms with Gasteiger partial charge in [-0.3, -0.25) is 9.00 Å². The van der Waals surface area contributed by atoms with E-state index in [1.165, 1.54) is 0 Å². The second-order valence-corrected chi connectivity index (χ2v) is 6.37. The molecule has 1 N–H and O–H groups in total. The van der Waals surface area contributed by atoms with Gasteiger partial charge in [0, 0.05) is 10.8 Å². The number of carbonyl (C=O) groups is 1. The lowest BCUT2D eigenvalue weighted by atomic mass is 9.98. The number of hydrogen-bond acceptors (Lipinski definition) is 2. The molecular weight excluding hydrogens is 270 g/mol. The second kappa shape index (κ2) is 5.59. The van der Waals surface area contributed by atoms with Crippen LogP contribution in [0.25, 0.3) is 0 Å². The van der Waals surface area contributed by atoms with Crippen LogP contribution in [0.5, 0.6) is 0 Å². The highest BCUT2D eigenvalue weighted by atomic mass is 32.2. The molecule has 0 saturated carbocycles. The number of carbonyl (C=O) groups excluding carboxylic acids is 1. The summed E-state index contributed by atoms with van der Waals surface area (Å²) in [5.74, 6) is -0.0764. The van der Waals surface area contributed by atoms with Crippen molar-refractivity contribution in [2.45, 2.75) is 11.3 Å². The Bertz CT molecular complexity index is 627. The molecule has 0 spiro atoms. The lowest BCUT2D eigenvalue weighted by Gasteiger charge is -2.32. The minimum Gasteiger partial charge on any atom is -0.347 e. The molecule has 2 aromatic rings. The van der Waals surface area contributed by atoms with E-state index in [1.54, 1.807) is 0 Å². The summed E-state index contributed by atoms with van der Waals surface area (Å²) in [5.41, 5.74) is 1.99. The first kappa shape index (κ1) is 13.1. The fourth-order valence-electron chi connectivity index (χ4n) is 2.57. The van der Waals surface area contributed by atoms with Gasteiger partial charge in [0.2, 0.25) is 5.91 Å². The van der Waals surface area contributed by atoms with Gasteiger partial charge in [0.05, 0.1) is 11.3 Å². The molecule has 4 heteroatoms. The molecule has 3 atom stereocenters. The summed E-state index contributed by atoms with van der Waals surface area (Å²) in [6, 6.07) is 19.2. The Morgan fingerprint density at radius 3 is 2.05 bits per heavy atom. The zero-order valence-corrected chi connectivity index (χ0v) is 11.7. The molecule has 3 nitrogen and oxygen atoms in total. The highest BCUT2D eigenvalue weighted by Crippen LogP contribution is 2.36. The number of nitrogens with one attached hydrogen (secondary N) is 1. The van der Waals surface area contributed by atoms with E-state index in [-0.39, 0.29) is 23.0 Å². The topological polar surface area (TPSA) is 46.2 Å². The third-order valence-corrected chi connectivity index (χ3v) is 5.12. The third kappa shape index (κ3) is 2.51. The predicted octanol–water partition coefficient (Wildman–Crippen LogP) is 2.35. The van der Waals surface area contributed by atoms with Gasteiger partial charge in [0.25, 0.3) is 0 Å². The molecule has 1 aliphatic heterocycles. The first-order valence-electron chi connectivity index (χ1n) is 6.52. The summed E-state index contributed by atoms with van der Waals surface area (Å²) < 4.78 is 12.4. The quantitative estimate of drug-likeness (QED) is 0.920. The highest BCUT2D eigenvalue weighted by Gasteiger charge is 2.36. The van der Waals surface area contributed by atoms with Crippen molar-refractivity contribution in [2.24, 2.45) is 0 Å². The lowest BCUT2D eigenvalue weighted by Crippen LogP contribution is -2.43. The van der Waals surface area contributed by atoms with Crippen molar-refractivity contribution in [3.05, 3.63) is 71.8 Å². The Labute approximate surface area is 120 Å². The SMILES string of the molecule is O=C1CS(=O)[C@@H](c2ccccc2)[C@@H](c2ccccc2)N1. The van der Waals surface area contributed by atoms with E-state index in [0.717, 1.165) is 11.1 Å². The van der Waals surface area contributed by atoms with Crippen molar-refractivity contribution >= 4 is 16.7 Å². The Hall–Kier alpha value is -1.94. The van der Waals surface area contributed by atoms with Crippen LogP contribution in [0.3, 0.4) is 0 Å². The van der Waals surface area contributed by atoms with Crippen molar-refractivity contribution < 1.29 is 9.00 Å². The van der Waals surface area contributed by atoms with Crippen LogP contribution in [0, 0.1) is 0 Å². The van der Waals surface area contributed by atoms with Gasteiger partial charge in [-0.05, 0) is 11.1 Å². The molecule has 0 aliphatic carbocycles. The monoisotopic (exact) mass is 285 g/mol. The van der Waals surface area contributed by atoms with Crippen LogP contribution in [0.1, 0.15) is 22.4 Å². The van der Waals surface area contributed by atoms with Crippen molar-refractivity contribution in [3.8, 4) is 0 Å². The van der Waals surface area contributed by atoms with Gasteiger partial charge in [-0.2, -0.15) is 0 Å². The molecule has 3 rings (SSSR count). The van der Waals surface area contributed by atoms with Crippen molar-refractivity contribution in [2.75, 3.05) is 5.75 Å². The maximum absolute atomic E-state index is 12.4. The van der Waals surface area contributed by atoms with E-state index in [4.69, 9.17) is 0 Å². The summed E-state index contributed by atoms with van der Waals surface area (Å²) in [4.78, 5) is 11.7. The molecule has 102 valence electrons. The Morgan fingerprint density at radius 1 is 0.900 bits per heavy atom. The molecule has 0 aromatic heterocycles. The number of benzene rings is 2. The van der Waals surface area contributed by atoms with Crippen molar-refractivity contribution in [1.29, 1.82) is 0 Å². The molecule has 1 heterocycles. The molecule has 20 heavy (non-hydrogen) atoms. The van der Waals surface area contributed by atoms with Gasteiger partial charge in [-0.15, -0.1) is 0 Å². The molecule has 0 radical (unpaired) electrons. The minimum absolute atomic E-state index is 0.0723. The van der Waals surface area contributed by atoms with E-state index in [9.17, 15) is 9.00 Å². The van der Waals surface area contributed by atoms with Crippen LogP contribution in [-0.4, -0.2) is 15.9 Å². The van der Waals surface area contributed by atoms with Crippen LogP contribution >= 0.6 is 0 Å². The van der Waals surface area contributed by atoms with Gasteiger partial charge in [0.1, 0.15) is 5.75 Å². The number of rotatable bonds is 2. The average Bonchev–Trinajstić information content (AvgIpc) is 2.48. The molecule has 1 saturated heterocycles. The Balaban J connectivity index is 2.03. The van der Waals surface area contributed by atoms with Crippen molar-refractivity contribution in [1.82, 2.24) is 5.32 Å². The number of hydrogen-bond donors (Lipinski definition) is 1. The van der Waals surface area contributed by atoms with Crippen LogP contribution in [0.2, 0.25) is 0 Å². The molecule has 1 amide bonds. The van der Waals surface area contributed by atoms with Crippen LogP contribution in [0.4, 0.5) is 0 Å². The van der Waals surface area contributed by atoms with Crippen molar-refractivity contribution in [3.63, 3.8) is 0 Å². The standard InChI is InChI=1S/C16H15NO2S/c18-14-11-20(19)16(13-9-5-2-6-10-13)15(17-14)12-7-3-1-4-8-12/h1-10,15-16H,11H2,(H,17,18)/t15-,16+,20?/m1/s1. The van der Waals surface area contributed by atoms with E-state index in [2.05, 4.69) is 5.32 Å². The summed E-state index contributed by atoms with van der Waals surface area (Å²) >= 11 is 0. The fourth-order valence-corrected chi connectivity index (χ4v) is 4.08. The highest BCUT2D eigenvalue weighted by molar-refractivity contribution is 7.86. The molecule has 2 aromatic carbocycles. The molecular formula is C16H15NO2S. The normalized spacial score (nSPS) is 26.0.